The zero-order chi connectivity index (χ0) is 14.7. The summed E-state index contributed by atoms with van der Waals surface area (Å²) in [5.41, 5.74) is 1.42. The highest BCUT2D eigenvalue weighted by Gasteiger charge is 2.23. The van der Waals surface area contributed by atoms with Gasteiger partial charge in [-0.1, -0.05) is 25.8 Å². The molecular formula is C15H19N5O. The van der Waals surface area contributed by atoms with E-state index in [0.29, 0.717) is 11.5 Å². The van der Waals surface area contributed by atoms with E-state index in [1.807, 2.05) is 18.2 Å². The van der Waals surface area contributed by atoms with Gasteiger partial charge in [0.2, 0.25) is 0 Å². The largest absolute Gasteiger partial charge is 0.349 e. The molecule has 1 N–H and O–H groups in total. The lowest BCUT2D eigenvalue weighted by Gasteiger charge is -2.29. The molecule has 1 aliphatic rings. The van der Waals surface area contributed by atoms with Crippen LogP contribution in [-0.2, 0) is 0 Å². The molecule has 110 valence electrons. The molecule has 1 aliphatic carbocycles. The molecule has 0 spiro atoms. The van der Waals surface area contributed by atoms with E-state index in [2.05, 4.69) is 27.8 Å². The standard InChI is InChI=1S/C15H19N5O/c1-11-5-2-3-8-14(11)17-15(21)12-6-4-7-13(9-12)20-10-16-18-19-20/h4,6-7,9-11,14H,2-3,5,8H2,1H3,(H,17,21)/t11-,14+/m1/s1. The fraction of sp³-hybridized carbons (Fsp3) is 0.467. The molecule has 6 nitrogen and oxygen atoms in total. The summed E-state index contributed by atoms with van der Waals surface area (Å²) < 4.78 is 1.54. The van der Waals surface area contributed by atoms with Crippen LogP contribution in [0.25, 0.3) is 5.69 Å². The third kappa shape index (κ3) is 3.09. The van der Waals surface area contributed by atoms with E-state index >= 15 is 0 Å². The van der Waals surface area contributed by atoms with Crippen molar-refractivity contribution >= 4 is 5.91 Å². The fourth-order valence-electron chi connectivity index (χ4n) is 2.85. The molecule has 1 amide bonds. The molecule has 1 heterocycles. The number of amides is 1. The molecule has 0 aliphatic heterocycles. The van der Waals surface area contributed by atoms with Crippen LogP contribution < -0.4 is 5.32 Å². The van der Waals surface area contributed by atoms with E-state index in [1.165, 1.54) is 25.6 Å². The van der Waals surface area contributed by atoms with Crippen LogP contribution in [0, 0.1) is 5.92 Å². The number of nitrogens with one attached hydrogen (secondary N) is 1. The molecule has 21 heavy (non-hydrogen) atoms. The van der Waals surface area contributed by atoms with Crippen LogP contribution in [0.15, 0.2) is 30.6 Å². The Labute approximate surface area is 123 Å². The predicted molar refractivity (Wildman–Crippen MR) is 78.0 cm³/mol. The Morgan fingerprint density at radius 2 is 2.19 bits per heavy atom. The maximum absolute atomic E-state index is 12.4. The Kier molecular flexibility index (Phi) is 3.94. The Hall–Kier alpha value is -2.24. The lowest BCUT2D eigenvalue weighted by Crippen LogP contribution is -2.41. The minimum absolute atomic E-state index is 0.0244. The maximum atomic E-state index is 12.4. The van der Waals surface area contributed by atoms with Gasteiger partial charge in [-0.3, -0.25) is 4.79 Å². The molecule has 0 bridgehead atoms. The Morgan fingerprint density at radius 1 is 1.33 bits per heavy atom. The average molecular weight is 285 g/mol. The normalized spacial score (nSPS) is 22.0. The molecule has 1 aromatic heterocycles. The monoisotopic (exact) mass is 285 g/mol. The second-order valence-corrected chi connectivity index (χ2v) is 5.65. The van der Waals surface area contributed by atoms with Crippen molar-refractivity contribution in [1.29, 1.82) is 0 Å². The summed E-state index contributed by atoms with van der Waals surface area (Å²) >= 11 is 0. The van der Waals surface area contributed by atoms with E-state index < -0.39 is 0 Å². The van der Waals surface area contributed by atoms with Crippen molar-refractivity contribution < 1.29 is 4.79 Å². The van der Waals surface area contributed by atoms with Crippen LogP contribution in [0.4, 0.5) is 0 Å². The third-order valence-corrected chi connectivity index (χ3v) is 4.15. The van der Waals surface area contributed by atoms with Crippen molar-refractivity contribution in [3.05, 3.63) is 36.2 Å². The molecule has 1 saturated carbocycles. The lowest BCUT2D eigenvalue weighted by molar-refractivity contribution is 0.0910. The second kappa shape index (κ2) is 6.03. The number of tetrazole rings is 1. The van der Waals surface area contributed by atoms with E-state index in [-0.39, 0.29) is 11.9 Å². The molecule has 0 saturated heterocycles. The first-order chi connectivity index (χ1) is 10.2. The van der Waals surface area contributed by atoms with Crippen molar-refractivity contribution in [1.82, 2.24) is 25.5 Å². The van der Waals surface area contributed by atoms with E-state index in [4.69, 9.17) is 0 Å². The van der Waals surface area contributed by atoms with Gasteiger partial charge in [-0.2, -0.15) is 0 Å². The number of hydrogen-bond donors (Lipinski definition) is 1. The van der Waals surface area contributed by atoms with Gasteiger partial charge >= 0.3 is 0 Å². The highest BCUT2D eigenvalue weighted by Crippen LogP contribution is 2.24. The Bertz CT molecular complexity index is 610. The number of rotatable bonds is 3. The van der Waals surface area contributed by atoms with Crippen molar-refractivity contribution in [3.63, 3.8) is 0 Å². The molecule has 3 rings (SSSR count). The van der Waals surface area contributed by atoms with Crippen molar-refractivity contribution in [2.45, 2.75) is 38.6 Å². The molecule has 0 unspecified atom stereocenters. The van der Waals surface area contributed by atoms with Gasteiger partial charge in [-0.15, -0.1) is 5.10 Å². The van der Waals surface area contributed by atoms with Crippen molar-refractivity contribution in [2.24, 2.45) is 5.92 Å². The molecule has 6 heteroatoms. The van der Waals surface area contributed by atoms with Crippen LogP contribution in [0.2, 0.25) is 0 Å². The predicted octanol–water partition coefficient (Wildman–Crippen LogP) is 1.97. The molecule has 0 radical (unpaired) electrons. The molecular weight excluding hydrogens is 266 g/mol. The first-order valence-corrected chi connectivity index (χ1v) is 7.38. The second-order valence-electron chi connectivity index (χ2n) is 5.65. The van der Waals surface area contributed by atoms with Crippen LogP contribution >= 0.6 is 0 Å². The number of aromatic nitrogens is 4. The first-order valence-electron chi connectivity index (χ1n) is 7.38. The van der Waals surface area contributed by atoms with Gasteiger partial charge in [0.15, 0.2) is 0 Å². The molecule has 1 aromatic carbocycles. The number of benzene rings is 1. The SMILES string of the molecule is C[C@@H]1CCCC[C@@H]1NC(=O)c1cccc(-n2cnnn2)c1. The summed E-state index contributed by atoms with van der Waals surface area (Å²) in [6.07, 6.45) is 6.23. The van der Waals surface area contributed by atoms with Crippen LogP contribution in [0.3, 0.4) is 0 Å². The van der Waals surface area contributed by atoms with Gasteiger partial charge in [-0.05, 0) is 47.4 Å². The minimum atomic E-state index is -0.0244. The van der Waals surface area contributed by atoms with Gasteiger partial charge in [-0.25, -0.2) is 4.68 Å². The van der Waals surface area contributed by atoms with E-state index in [1.54, 1.807) is 10.7 Å². The highest BCUT2D eigenvalue weighted by atomic mass is 16.1. The number of nitrogens with zero attached hydrogens (tertiary/aromatic N) is 4. The molecule has 1 fully saturated rings. The number of carbonyl (C=O) groups is 1. The van der Waals surface area contributed by atoms with E-state index in [9.17, 15) is 4.79 Å². The average Bonchev–Trinajstić information content (AvgIpc) is 3.04. The molecule has 2 aromatic rings. The topological polar surface area (TPSA) is 72.7 Å². The van der Waals surface area contributed by atoms with E-state index in [0.717, 1.165) is 12.1 Å². The Morgan fingerprint density at radius 3 is 2.95 bits per heavy atom. The smallest absolute Gasteiger partial charge is 0.251 e. The maximum Gasteiger partial charge on any atom is 0.251 e. The minimum Gasteiger partial charge on any atom is -0.349 e. The van der Waals surface area contributed by atoms with Gasteiger partial charge in [0, 0.05) is 11.6 Å². The van der Waals surface area contributed by atoms with Crippen molar-refractivity contribution in [3.8, 4) is 5.69 Å². The van der Waals surface area contributed by atoms with Crippen LogP contribution in [0.1, 0.15) is 43.0 Å². The number of hydrogen-bond acceptors (Lipinski definition) is 4. The lowest BCUT2D eigenvalue weighted by atomic mass is 9.86. The van der Waals surface area contributed by atoms with Gasteiger partial charge in [0.05, 0.1) is 5.69 Å². The first kappa shape index (κ1) is 13.7. The zero-order valence-electron chi connectivity index (χ0n) is 12.1. The number of carbonyl (C=O) groups excluding carboxylic acids is 1. The zero-order valence-corrected chi connectivity index (χ0v) is 12.1. The summed E-state index contributed by atoms with van der Waals surface area (Å²) in [4.78, 5) is 12.4. The fourth-order valence-corrected chi connectivity index (χ4v) is 2.85. The molecule has 2 atom stereocenters. The Balaban J connectivity index is 1.74. The summed E-state index contributed by atoms with van der Waals surface area (Å²) in [6, 6.07) is 7.62. The summed E-state index contributed by atoms with van der Waals surface area (Å²) in [5.74, 6) is 0.522. The van der Waals surface area contributed by atoms with Crippen molar-refractivity contribution in [2.75, 3.05) is 0 Å². The van der Waals surface area contributed by atoms with Crippen LogP contribution in [0.5, 0.6) is 0 Å². The summed E-state index contributed by atoms with van der Waals surface area (Å²) in [7, 11) is 0. The van der Waals surface area contributed by atoms with Gasteiger partial charge < -0.3 is 5.32 Å². The quantitative estimate of drug-likeness (QED) is 0.935. The summed E-state index contributed by atoms with van der Waals surface area (Å²) in [5, 5.41) is 14.2. The van der Waals surface area contributed by atoms with Crippen LogP contribution in [-0.4, -0.2) is 32.2 Å². The third-order valence-electron chi connectivity index (χ3n) is 4.15. The summed E-state index contributed by atoms with van der Waals surface area (Å²) in [6.45, 7) is 2.21. The van der Waals surface area contributed by atoms with Gasteiger partial charge in [0.25, 0.3) is 5.91 Å². The highest BCUT2D eigenvalue weighted by molar-refractivity contribution is 5.94. The van der Waals surface area contributed by atoms with Gasteiger partial charge in [0.1, 0.15) is 6.33 Å².